The molecule has 2 N–H and O–H groups in total. The molecule has 0 bridgehead atoms. The Labute approximate surface area is 162 Å². The minimum atomic E-state index is -0.339. The maximum Gasteiger partial charge on any atom is 0.275 e. The monoisotopic (exact) mass is 382 g/mol. The lowest BCUT2D eigenvalue weighted by Crippen LogP contribution is -2.15. The molecule has 0 radical (unpaired) electrons. The van der Waals surface area contributed by atoms with Gasteiger partial charge in [-0.05, 0) is 49.7 Å². The van der Waals surface area contributed by atoms with Crippen LogP contribution < -0.4 is 15.4 Å². The van der Waals surface area contributed by atoms with Gasteiger partial charge in [0.1, 0.15) is 17.3 Å². The third-order valence-electron chi connectivity index (χ3n) is 3.77. The van der Waals surface area contributed by atoms with Crippen molar-refractivity contribution in [3.63, 3.8) is 0 Å². The van der Waals surface area contributed by atoms with Gasteiger partial charge in [-0.25, -0.2) is 9.97 Å². The summed E-state index contributed by atoms with van der Waals surface area (Å²) in [6.45, 7) is 4.36. The number of ether oxygens (including phenoxy) is 1. The SMILES string of the molecule is CCOc1ccccc1Nc1cnc(C(=O)Nc2ccc(Cl)cc2C)cn1. The highest BCUT2D eigenvalue weighted by Crippen LogP contribution is 2.26. The van der Waals surface area contributed by atoms with Crippen molar-refractivity contribution in [3.8, 4) is 5.75 Å². The van der Waals surface area contributed by atoms with Gasteiger partial charge >= 0.3 is 0 Å². The summed E-state index contributed by atoms with van der Waals surface area (Å²) in [6.07, 6.45) is 2.93. The van der Waals surface area contributed by atoms with Crippen LogP contribution in [-0.4, -0.2) is 22.5 Å². The van der Waals surface area contributed by atoms with Gasteiger partial charge in [-0.3, -0.25) is 4.79 Å². The number of rotatable bonds is 6. The summed E-state index contributed by atoms with van der Waals surface area (Å²) >= 11 is 5.93. The van der Waals surface area contributed by atoms with Crippen LogP contribution in [0.3, 0.4) is 0 Å². The summed E-state index contributed by atoms with van der Waals surface area (Å²) in [5.74, 6) is 0.900. The molecular formula is C20H19ClN4O2. The molecule has 0 aliphatic rings. The molecule has 6 nitrogen and oxygen atoms in total. The summed E-state index contributed by atoms with van der Waals surface area (Å²) in [6, 6.07) is 12.8. The van der Waals surface area contributed by atoms with E-state index in [0.717, 1.165) is 17.0 Å². The minimum absolute atomic E-state index is 0.216. The van der Waals surface area contributed by atoms with Crippen LogP contribution in [0, 0.1) is 6.92 Å². The number of halogens is 1. The fourth-order valence-corrected chi connectivity index (χ4v) is 2.68. The van der Waals surface area contributed by atoms with Crippen molar-refractivity contribution in [1.29, 1.82) is 0 Å². The molecule has 0 fully saturated rings. The van der Waals surface area contributed by atoms with Crippen molar-refractivity contribution in [2.24, 2.45) is 0 Å². The number of hydrogen-bond donors (Lipinski definition) is 2. The highest BCUT2D eigenvalue weighted by Gasteiger charge is 2.11. The molecule has 0 atom stereocenters. The zero-order chi connectivity index (χ0) is 19.2. The average Bonchev–Trinajstić information content (AvgIpc) is 2.66. The van der Waals surface area contributed by atoms with Crippen LogP contribution in [0.2, 0.25) is 5.02 Å². The van der Waals surface area contributed by atoms with E-state index in [1.807, 2.05) is 38.1 Å². The molecule has 3 aromatic rings. The van der Waals surface area contributed by atoms with Gasteiger partial charge in [0.25, 0.3) is 5.91 Å². The lowest BCUT2D eigenvalue weighted by Gasteiger charge is -2.12. The van der Waals surface area contributed by atoms with Crippen LogP contribution in [0.15, 0.2) is 54.9 Å². The average molecular weight is 383 g/mol. The maximum atomic E-state index is 12.4. The molecule has 1 aromatic heterocycles. The third-order valence-corrected chi connectivity index (χ3v) is 4.01. The molecule has 0 aliphatic carbocycles. The van der Waals surface area contributed by atoms with Gasteiger partial charge in [0.2, 0.25) is 0 Å². The first kappa shape index (κ1) is 18.7. The van der Waals surface area contributed by atoms with E-state index in [9.17, 15) is 4.79 Å². The number of benzene rings is 2. The Balaban J connectivity index is 1.71. The highest BCUT2D eigenvalue weighted by atomic mass is 35.5. The van der Waals surface area contributed by atoms with Crippen molar-refractivity contribution in [3.05, 3.63) is 71.1 Å². The first-order valence-electron chi connectivity index (χ1n) is 8.45. The molecule has 1 heterocycles. The number of nitrogens with one attached hydrogen (secondary N) is 2. The Hall–Kier alpha value is -3.12. The smallest absolute Gasteiger partial charge is 0.275 e. The Morgan fingerprint density at radius 3 is 2.63 bits per heavy atom. The number of nitrogens with zero attached hydrogens (tertiary/aromatic N) is 2. The van der Waals surface area contributed by atoms with Crippen LogP contribution in [-0.2, 0) is 0 Å². The van der Waals surface area contributed by atoms with Gasteiger partial charge in [0, 0.05) is 10.7 Å². The Kier molecular flexibility index (Phi) is 5.88. The number of para-hydroxylation sites is 2. The standard InChI is InChI=1S/C20H19ClN4O2/c1-3-27-18-7-5-4-6-16(18)24-19-12-22-17(11-23-19)20(26)25-15-9-8-14(21)10-13(15)2/h4-12H,3H2,1-2H3,(H,23,24)(H,25,26). The summed E-state index contributed by atoms with van der Waals surface area (Å²) in [5, 5.41) is 6.57. The van der Waals surface area contributed by atoms with E-state index in [1.54, 1.807) is 18.2 Å². The summed E-state index contributed by atoms with van der Waals surface area (Å²) in [4.78, 5) is 20.8. The van der Waals surface area contributed by atoms with Crippen LogP contribution in [0.1, 0.15) is 23.0 Å². The van der Waals surface area contributed by atoms with E-state index in [1.165, 1.54) is 12.4 Å². The number of carbonyl (C=O) groups is 1. The molecule has 0 spiro atoms. The van der Waals surface area contributed by atoms with Gasteiger partial charge < -0.3 is 15.4 Å². The summed E-state index contributed by atoms with van der Waals surface area (Å²) in [5.41, 5.74) is 2.55. The van der Waals surface area contributed by atoms with Crippen LogP contribution in [0.4, 0.5) is 17.2 Å². The number of amides is 1. The van der Waals surface area contributed by atoms with Crippen LogP contribution in [0.5, 0.6) is 5.75 Å². The normalized spacial score (nSPS) is 10.3. The first-order chi connectivity index (χ1) is 13.1. The second kappa shape index (κ2) is 8.51. The molecule has 0 aliphatic heterocycles. The fourth-order valence-electron chi connectivity index (χ4n) is 2.45. The molecule has 1 amide bonds. The second-order valence-corrected chi connectivity index (χ2v) is 6.19. The lowest BCUT2D eigenvalue weighted by molar-refractivity contribution is 0.102. The lowest BCUT2D eigenvalue weighted by atomic mass is 10.2. The molecular weight excluding hydrogens is 364 g/mol. The van der Waals surface area contributed by atoms with Crippen molar-refractivity contribution >= 4 is 34.7 Å². The molecule has 3 rings (SSSR count). The maximum absolute atomic E-state index is 12.4. The largest absolute Gasteiger partial charge is 0.492 e. The Morgan fingerprint density at radius 1 is 1.11 bits per heavy atom. The molecule has 0 unspecified atom stereocenters. The second-order valence-electron chi connectivity index (χ2n) is 5.75. The van der Waals surface area contributed by atoms with Crippen molar-refractivity contribution in [1.82, 2.24) is 9.97 Å². The molecule has 27 heavy (non-hydrogen) atoms. The zero-order valence-electron chi connectivity index (χ0n) is 15.0. The summed E-state index contributed by atoms with van der Waals surface area (Å²) in [7, 11) is 0. The van der Waals surface area contributed by atoms with Gasteiger partial charge in [-0.15, -0.1) is 0 Å². The van der Waals surface area contributed by atoms with Crippen molar-refractivity contribution in [2.75, 3.05) is 17.2 Å². The topological polar surface area (TPSA) is 76.1 Å². The van der Waals surface area contributed by atoms with E-state index in [4.69, 9.17) is 16.3 Å². The van der Waals surface area contributed by atoms with Crippen molar-refractivity contribution < 1.29 is 9.53 Å². The number of aromatic nitrogens is 2. The third kappa shape index (κ3) is 4.74. The minimum Gasteiger partial charge on any atom is -0.492 e. The fraction of sp³-hybridized carbons (Fsp3) is 0.150. The molecule has 0 saturated heterocycles. The summed E-state index contributed by atoms with van der Waals surface area (Å²) < 4.78 is 5.57. The highest BCUT2D eigenvalue weighted by molar-refractivity contribution is 6.30. The quantitative estimate of drug-likeness (QED) is 0.638. The first-order valence-corrected chi connectivity index (χ1v) is 8.83. The number of aryl methyl sites for hydroxylation is 1. The van der Waals surface area contributed by atoms with E-state index in [-0.39, 0.29) is 11.6 Å². The number of hydrogen-bond acceptors (Lipinski definition) is 5. The van der Waals surface area contributed by atoms with Gasteiger partial charge in [-0.2, -0.15) is 0 Å². The van der Waals surface area contributed by atoms with Gasteiger partial charge in [-0.1, -0.05) is 23.7 Å². The predicted octanol–water partition coefficient (Wildman–Crippen LogP) is 4.83. The van der Waals surface area contributed by atoms with E-state index in [0.29, 0.717) is 23.1 Å². The molecule has 138 valence electrons. The molecule has 0 saturated carbocycles. The van der Waals surface area contributed by atoms with E-state index in [2.05, 4.69) is 20.6 Å². The number of anilines is 3. The number of carbonyl (C=O) groups excluding carboxylic acids is 1. The molecule has 2 aromatic carbocycles. The van der Waals surface area contributed by atoms with Crippen LogP contribution in [0.25, 0.3) is 0 Å². The van der Waals surface area contributed by atoms with Gasteiger partial charge in [0.05, 0.1) is 24.7 Å². The Morgan fingerprint density at radius 2 is 1.93 bits per heavy atom. The van der Waals surface area contributed by atoms with Gasteiger partial charge in [0.15, 0.2) is 0 Å². The van der Waals surface area contributed by atoms with Crippen molar-refractivity contribution in [2.45, 2.75) is 13.8 Å². The predicted molar refractivity (Wildman–Crippen MR) is 107 cm³/mol. The van der Waals surface area contributed by atoms with E-state index >= 15 is 0 Å². The zero-order valence-corrected chi connectivity index (χ0v) is 15.7. The van der Waals surface area contributed by atoms with E-state index < -0.39 is 0 Å². The molecule has 7 heteroatoms. The van der Waals surface area contributed by atoms with Crippen LogP contribution >= 0.6 is 11.6 Å². The Bertz CT molecular complexity index is 945.